The Hall–Kier alpha value is -2.32. The molecule has 6 rings (SSSR count). The molecule has 4 aromatic carbocycles. The molecule has 2 fully saturated rings. The van der Waals surface area contributed by atoms with Crippen LogP contribution in [0.4, 0.5) is 5.69 Å². The van der Waals surface area contributed by atoms with Crippen LogP contribution in [-0.2, 0) is 30.5 Å². The van der Waals surface area contributed by atoms with Crippen molar-refractivity contribution in [3.05, 3.63) is 108 Å². The second-order valence-electron chi connectivity index (χ2n) is 15.9. The smallest absolute Gasteiger partial charge is 0.272 e. The van der Waals surface area contributed by atoms with E-state index in [1.165, 1.54) is 46.0 Å². The molecule has 0 bridgehead atoms. The molecule has 7 heteroatoms. The van der Waals surface area contributed by atoms with Crippen molar-refractivity contribution in [3.63, 3.8) is 0 Å². The van der Waals surface area contributed by atoms with Crippen molar-refractivity contribution in [2.24, 2.45) is 5.92 Å². The molecule has 2 unspecified atom stereocenters. The van der Waals surface area contributed by atoms with Gasteiger partial charge in [0.2, 0.25) is 0 Å². The van der Waals surface area contributed by atoms with Crippen LogP contribution in [0.15, 0.2) is 84.9 Å². The summed E-state index contributed by atoms with van der Waals surface area (Å²) in [5, 5.41) is 1.20. The number of hydrogen-bond acceptors (Lipinski definition) is 3. The standard InChI is InChI=1S/C34H51O3PS.C12H10N.Pd/c1-23(2)27-21-30(24(3)4)33(31(22-27)25(5)6)29-19-13-14-20-32(29)38(28-17-11-8-12-18-28)34(39(35,36)37)26-15-9-7-10-16-26;13-12-9-5-4-8-11(12)10-6-2-1-3-7-10;/h13-14,19-26,28,34H,7-12,15-18H2,1-6H3,(H,35,36,37);1-6,8-9H,13H2;/q;-1;. The molecule has 4 nitrogen and oxygen atoms in total. The first-order chi connectivity index (χ1) is 24.9. The van der Waals surface area contributed by atoms with E-state index in [2.05, 4.69) is 84.0 Å². The van der Waals surface area contributed by atoms with E-state index in [0.29, 0.717) is 23.4 Å². The van der Waals surface area contributed by atoms with Crippen LogP contribution in [0, 0.1) is 12.0 Å². The molecule has 2 atom stereocenters. The molecule has 2 saturated carbocycles. The summed E-state index contributed by atoms with van der Waals surface area (Å²) in [4.78, 5) is -0.669. The number of para-hydroxylation sites is 1. The van der Waals surface area contributed by atoms with Gasteiger partial charge in [0.05, 0.1) is 0 Å². The maximum absolute atomic E-state index is 13.4. The fourth-order valence-electron chi connectivity index (χ4n) is 8.41. The largest absolute Gasteiger partial charge is 0.406 e. The minimum atomic E-state index is -4.20. The Balaban J connectivity index is 0.000000375. The first-order valence-corrected chi connectivity index (χ1v) is 22.7. The summed E-state index contributed by atoms with van der Waals surface area (Å²) in [7, 11) is -5.32. The minimum Gasteiger partial charge on any atom is -0.406 e. The van der Waals surface area contributed by atoms with Crippen LogP contribution in [0.5, 0.6) is 0 Å². The fourth-order valence-corrected chi connectivity index (χ4v) is 14.7. The van der Waals surface area contributed by atoms with Crippen molar-refractivity contribution in [1.29, 1.82) is 0 Å². The molecule has 3 N–H and O–H groups in total. The summed E-state index contributed by atoms with van der Waals surface area (Å²) in [6.07, 6.45) is 10.8. The number of nitrogen functional groups attached to an aromatic ring is 1. The first kappa shape index (κ1) is 43.4. The average Bonchev–Trinajstić information content (AvgIpc) is 3.14. The summed E-state index contributed by atoms with van der Waals surface area (Å²) in [6, 6.07) is 32.3. The molecular weight excluding hydrogens is 784 g/mol. The molecule has 0 aliphatic heterocycles. The van der Waals surface area contributed by atoms with Crippen molar-refractivity contribution in [1.82, 2.24) is 0 Å². The van der Waals surface area contributed by atoms with E-state index in [-0.39, 0.29) is 26.3 Å². The molecule has 4 aromatic rings. The third-order valence-corrected chi connectivity index (χ3v) is 16.8. The Kier molecular flexibility index (Phi) is 16.4. The van der Waals surface area contributed by atoms with Gasteiger partial charge in [-0.2, -0.15) is 8.42 Å². The van der Waals surface area contributed by atoms with Crippen molar-refractivity contribution < 1.29 is 33.4 Å². The van der Waals surface area contributed by atoms with E-state index < -0.39 is 23.0 Å². The van der Waals surface area contributed by atoms with Crippen molar-refractivity contribution in [2.75, 3.05) is 5.73 Å². The molecule has 0 spiro atoms. The molecule has 290 valence electrons. The molecular formula is C46H61NO3PPdS-. The van der Waals surface area contributed by atoms with E-state index in [1.54, 1.807) is 0 Å². The first-order valence-electron chi connectivity index (χ1n) is 19.7. The minimum absolute atomic E-state index is 0. The third-order valence-electron chi connectivity index (χ3n) is 11.1. The Morgan fingerprint density at radius 3 is 1.74 bits per heavy atom. The summed E-state index contributed by atoms with van der Waals surface area (Å²) >= 11 is 0. The maximum Gasteiger partial charge on any atom is 0.272 e. The summed E-state index contributed by atoms with van der Waals surface area (Å²) in [6.45, 7) is 13.7. The van der Waals surface area contributed by atoms with Crippen LogP contribution in [0.3, 0.4) is 0 Å². The zero-order valence-corrected chi connectivity index (χ0v) is 35.9. The molecule has 0 amide bonds. The second kappa shape index (κ2) is 20.0. The van der Waals surface area contributed by atoms with Crippen molar-refractivity contribution >= 4 is 29.0 Å². The van der Waals surface area contributed by atoms with Crippen LogP contribution in [-0.4, -0.2) is 23.6 Å². The molecule has 0 saturated heterocycles. The SMILES string of the molecule is CC(C)c1cc(C(C)C)c(-c2ccccc2P(C2CCCCC2)C(C2CCCCC2)S(=O)(=O)O)c(C(C)C)c1.Nc1ccccc1-c1[c-]cccc1.[Pd]. The summed E-state index contributed by atoms with van der Waals surface area (Å²) in [5.74, 6) is 1.19. The molecule has 0 radical (unpaired) electrons. The maximum atomic E-state index is 13.4. The van der Waals surface area contributed by atoms with Crippen molar-refractivity contribution in [3.8, 4) is 22.3 Å². The zero-order chi connectivity index (χ0) is 37.4. The van der Waals surface area contributed by atoms with Gasteiger partial charge >= 0.3 is 0 Å². The second-order valence-corrected chi connectivity index (χ2v) is 20.4. The van der Waals surface area contributed by atoms with E-state index in [4.69, 9.17) is 5.73 Å². The molecule has 0 aromatic heterocycles. The van der Waals surface area contributed by atoms with Gasteiger partial charge in [0.1, 0.15) is 4.99 Å². The van der Waals surface area contributed by atoms with Crippen LogP contribution >= 0.6 is 7.92 Å². The fraction of sp³-hybridized carbons (Fsp3) is 0.478. The number of hydrogen-bond donors (Lipinski definition) is 2. The van der Waals surface area contributed by atoms with Crippen molar-refractivity contribution in [2.45, 2.75) is 134 Å². The van der Waals surface area contributed by atoms with Gasteiger partial charge in [-0.1, -0.05) is 140 Å². The van der Waals surface area contributed by atoms with Crippen LogP contribution in [0.1, 0.15) is 140 Å². The summed E-state index contributed by atoms with van der Waals surface area (Å²) in [5.41, 5.74) is 15.7. The topological polar surface area (TPSA) is 80.4 Å². The van der Waals surface area contributed by atoms with Gasteiger partial charge in [0.25, 0.3) is 10.1 Å². The molecule has 0 heterocycles. The van der Waals surface area contributed by atoms with E-state index >= 15 is 0 Å². The van der Waals surface area contributed by atoms with Gasteiger partial charge in [-0.3, -0.25) is 4.55 Å². The van der Waals surface area contributed by atoms with Gasteiger partial charge in [0, 0.05) is 20.4 Å². The number of nitrogens with two attached hydrogens (primary N) is 1. The van der Waals surface area contributed by atoms with Gasteiger partial charge in [-0.05, 0) is 108 Å². The third kappa shape index (κ3) is 10.9. The van der Waals surface area contributed by atoms with Crippen LogP contribution in [0.2, 0.25) is 0 Å². The Morgan fingerprint density at radius 1 is 0.698 bits per heavy atom. The predicted molar refractivity (Wildman–Crippen MR) is 225 cm³/mol. The normalized spacial score (nSPS) is 16.9. The monoisotopic (exact) mass is 844 g/mol. The quantitative estimate of drug-likeness (QED) is 0.0548. The molecule has 53 heavy (non-hydrogen) atoms. The van der Waals surface area contributed by atoms with E-state index in [1.807, 2.05) is 48.5 Å². The Morgan fingerprint density at radius 2 is 1.23 bits per heavy atom. The predicted octanol–water partition coefficient (Wildman–Crippen LogP) is 12.7. The van der Waals surface area contributed by atoms with Gasteiger partial charge < -0.3 is 5.73 Å². The average molecular weight is 845 g/mol. The number of anilines is 1. The zero-order valence-electron chi connectivity index (χ0n) is 32.6. The number of benzene rings is 4. The molecule has 2 aliphatic carbocycles. The number of rotatable bonds is 10. The Bertz CT molecular complexity index is 1820. The summed E-state index contributed by atoms with van der Waals surface area (Å²) < 4.78 is 37.7. The van der Waals surface area contributed by atoms with Gasteiger partial charge in [-0.25, -0.2) is 0 Å². The van der Waals surface area contributed by atoms with E-state index in [9.17, 15) is 13.0 Å². The van der Waals surface area contributed by atoms with Crippen LogP contribution in [0.25, 0.3) is 22.3 Å². The van der Waals surface area contributed by atoms with Crippen LogP contribution < -0.4 is 11.0 Å². The molecule has 2 aliphatic rings. The van der Waals surface area contributed by atoms with E-state index in [0.717, 1.165) is 68.2 Å². The van der Waals surface area contributed by atoms with Gasteiger partial charge in [0.15, 0.2) is 0 Å². The Labute approximate surface area is 336 Å². The van der Waals surface area contributed by atoms with Gasteiger partial charge in [-0.15, -0.1) is 35.9 Å².